The minimum Gasteiger partial charge on any atom is -0.756 e. The van der Waals surface area contributed by atoms with Crippen molar-refractivity contribution in [1.82, 2.24) is 0 Å². The van der Waals surface area contributed by atoms with Gasteiger partial charge in [-0.15, -0.1) is 0 Å². The number of quaternary nitrogens is 1. The summed E-state index contributed by atoms with van der Waals surface area (Å²) in [4.78, 5) is 37.5. The predicted octanol–water partition coefficient (Wildman–Crippen LogP) is 17.6. The smallest absolute Gasteiger partial charge is 0.306 e. The Hall–Kier alpha value is -0.990. The van der Waals surface area contributed by atoms with Crippen molar-refractivity contribution < 1.29 is 42.1 Å². The minimum absolute atomic E-state index is 0.0257. The maximum absolute atomic E-state index is 12.7. The number of carbonyl (C=O) groups is 2. The third kappa shape index (κ3) is 54.3. The lowest BCUT2D eigenvalue weighted by Crippen LogP contribution is -2.37. The molecule has 10 heteroatoms. The molecule has 0 N–H and O–H groups in total. The Balaban J connectivity index is 3.78. The van der Waals surface area contributed by atoms with Gasteiger partial charge in [-0.2, -0.15) is 0 Å². The van der Waals surface area contributed by atoms with Crippen LogP contribution in [0.4, 0.5) is 0 Å². The number of hydrogen-bond acceptors (Lipinski definition) is 8. The number of rotatable bonds is 56. The average molecular weight is 987 g/mol. The summed E-state index contributed by atoms with van der Waals surface area (Å²) in [5.41, 5.74) is 0. The SMILES string of the molecule is CCCCCCCCCCCCCCCCCCCCCCCCCCCCCCCCCCCCCCC(=O)OC(COC(=O)CCCCCCCCCC)COP(=O)([O-])OCC[N+](C)(C)C. The Kier molecular flexibility index (Phi) is 50.2. The second-order valence-electron chi connectivity index (χ2n) is 21.7. The second kappa shape index (κ2) is 50.9. The van der Waals surface area contributed by atoms with Crippen LogP contribution in [0.15, 0.2) is 0 Å². The third-order valence-electron chi connectivity index (χ3n) is 13.6. The molecule has 0 bridgehead atoms. The van der Waals surface area contributed by atoms with Gasteiger partial charge in [-0.05, 0) is 12.8 Å². The van der Waals surface area contributed by atoms with Crippen LogP contribution in [0.1, 0.15) is 309 Å². The van der Waals surface area contributed by atoms with E-state index in [-0.39, 0.29) is 32.0 Å². The first-order valence-electron chi connectivity index (χ1n) is 29.7. The molecule has 0 saturated carbocycles. The van der Waals surface area contributed by atoms with Crippen molar-refractivity contribution in [2.45, 2.75) is 315 Å². The molecule has 0 aromatic rings. The Morgan fingerprint density at radius 1 is 0.397 bits per heavy atom. The number of phosphoric ester groups is 1. The maximum atomic E-state index is 12.7. The highest BCUT2D eigenvalue weighted by Gasteiger charge is 2.22. The summed E-state index contributed by atoms with van der Waals surface area (Å²) in [7, 11) is 1.19. The quantitative estimate of drug-likeness (QED) is 0.0256. The molecule has 0 aliphatic rings. The lowest BCUT2D eigenvalue weighted by molar-refractivity contribution is -0.870. The predicted molar refractivity (Wildman–Crippen MR) is 287 cm³/mol. The number of unbranched alkanes of at least 4 members (excludes halogenated alkanes) is 42. The van der Waals surface area contributed by atoms with E-state index < -0.39 is 26.5 Å². The van der Waals surface area contributed by atoms with Crippen molar-refractivity contribution in [3.8, 4) is 0 Å². The number of nitrogens with zero attached hydrogens (tertiary/aromatic N) is 1. The van der Waals surface area contributed by atoms with Crippen LogP contribution in [0.2, 0.25) is 0 Å². The van der Waals surface area contributed by atoms with E-state index in [4.69, 9.17) is 18.5 Å². The van der Waals surface area contributed by atoms with Crippen LogP contribution in [-0.4, -0.2) is 70.0 Å². The molecule has 0 fully saturated rings. The van der Waals surface area contributed by atoms with Gasteiger partial charge >= 0.3 is 11.9 Å². The fraction of sp³-hybridized carbons (Fsp3) is 0.966. The van der Waals surface area contributed by atoms with Gasteiger partial charge in [0, 0.05) is 12.8 Å². The first-order chi connectivity index (χ1) is 33.0. The highest BCUT2D eigenvalue weighted by Crippen LogP contribution is 2.38. The molecule has 2 unspecified atom stereocenters. The van der Waals surface area contributed by atoms with Crippen molar-refractivity contribution in [3.05, 3.63) is 0 Å². The lowest BCUT2D eigenvalue weighted by atomic mass is 10.0. The molecule has 68 heavy (non-hydrogen) atoms. The zero-order valence-corrected chi connectivity index (χ0v) is 47.0. The van der Waals surface area contributed by atoms with Crippen LogP contribution < -0.4 is 4.89 Å². The molecular formula is C58H116NO8P. The van der Waals surface area contributed by atoms with E-state index in [1.807, 2.05) is 21.1 Å². The molecular weight excluding hydrogens is 870 g/mol. The number of likely N-dealkylation sites (N-methyl/N-ethyl adjacent to an activating group) is 1. The maximum Gasteiger partial charge on any atom is 0.306 e. The molecule has 9 nitrogen and oxygen atoms in total. The van der Waals surface area contributed by atoms with Crippen LogP contribution in [-0.2, 0) is 32.7 Å². The van der Waals surface area contributed by atoms with Gasteiger partial charge < -0.3 is 27.9 Å². The molecule has 0 amide bonds. The fourth-order valence-electron chi connectivity index (χ4n) is 9.01. The van der Waals surface area contributed by atoms with Gasteiger partial charge in [0.05, 0.1) is 27.7 Å². The first-order valence-corrected chi connectivity index (χ1v) is 31.2. The van der Waals surface area contributed by atoms with E-state index in [9.17, 15) is 19.0 Å². The number of phosphoric acid groups is 1. The molecule has 0 spiro atoms. The van der Waals surface area contributed by atoms with Crippen LogP contribution in [0.25, 0.3) is 0 Å². The zero-order chi connectivity index (χ0) is 49.9. The van der Waals surface area contributed by atoms with E-state index in [1.54, 1.807) is 0 Å². The van der Waals surface area contributed by atoms with Crippen LogP contribution in [0.3, 0.4) is 0 Å². The summed E-state index contributed by atoms with van der Waals surface area (Å²) in [6.45, 7) is 4.25. The van der Waals surface area contributed by atoms with Crippen molar-refractivity contribution >= 4 is 19.8 Å². The van der Waals surface area contributed by atoms with Crippen molar-refractivity contribution in [2.24, 2.45) is 0 Å². The van der Waals surface area contributed by atoms with Crippen molar-refractivity contribution in [2.75, 3.05) is 47.5 Å². The van der Waals surface area contributed by atoms with Gasteiger partial charge in [-0.1, -0.05) is 284 Å². The molecule has 2 atom stereocenters. The Labute approximate surface area is 423 Å². The number of ether oxygens (including phenoxy) is 2. The highest BCUT2D eigenvalue weighted by atomic mass is 31.2. The van der Waals surface area contributed by atoms with Crippen molar-refractivity contribution in [3.63, 3.8) is 0 Å². The molecule has 406 valence electrons. The molecule has 0 aromatic heterocycles. The van der Waals surface area contributed by atoms with Crippen molar-refractivity contribution in [1.29, 1.82) is 0 Å². The summed E-state index contributed by atoms with van der Waals surface area (Å²) in [6, 6.07) is 0. The molecule has 0 radical (unpaired) electrons. The summed E-state index contributed by atoms with van der Waals surface area (Å²) in [5, 5.41) is 0. The molecule has 0 aliphatic carbocycles. The Morgan fingerprint density at radius 2 is 0.662 bits per heavy atom. The van der Waals surface area contributed by atoms with Crippen LogP contribution >= 0.6 is 7.82 Å². The summed E-state index contributed by atoms with van der Waals surface area (Å²) >= 11 is 0. The summed E-state index contributed by atoms with van der Waals surface area (Å²) in [6.07, 6.45) is 57.8. The third-order valence-corrected chi connectivity index (χ3v) is 14.6. The topological polar surface area (TPSA) is 111 Å². The zero-order valence-electron chi connectivity index (χ0n) is 46.1. The van der Waals surface area contributed by atoms with Gasteiger partial charge in [-0.25, -0.2) is 0 Å². The van der Waals surface area contributed by atoms with Crippen LogP contribution in [0, 0.1) is 0 Å². The Bertz CT molecular complexity index is 1120. The monoisotopic (exact) mass is 986 g/mol. The molecule has 0 aromatic carbocycles. The van der Waals surface area contributed by atoms with Gasteiger partial charge in [0.15, 0.2) is 6.10 Å². The standard InChI is InChI=1S/C58H116NO8P/c1-6-8-10-12-14-16-17-18-19-20-21-22-23-24-25-26-27-28-29-30-31-32-33-34-35-36-37-38-39-40-41-42-43-45-47-49-51-58(61)67-56(55-66-68(62,63)65-53-52-59(3,4)5)54-64-57(60)50-48-46-44-15-13-11-9-7-2/h56H,6-55H2,1-5H3. The van der Waals surface area contributed by atoms with Gasteiger partial charge in [0.1, 0.15) is 19.8 Å². The van der Waals surface area contributed by atoms with E-state index in [0.717, 1.165) is 32.1 Å². The van der Waals surface area contributed by atoms with E-state index in [1.165, 1.54) is 244 Å². The minimum atomic E-state index is -4.62. The van der Waals surface area contributed by atoms with Crippen LogP contribution in [0.5, 0.6) is 0 Å². The first kappa shape index (κ1) is 67.0. The molecule has 0 aliphatic heterocycles. The summed E-state index contributed by atoms with van der Waals surface area (Å²) < 4.78 is 34.0. The normalized spacial score (nSPS) is 13.2. The Morgan fingerprint density at radius 3 is 0.941 bits per heavy atom. The fourth-order valence-corrected chi connectivity index (χ4v) is 9.74. The largest absolute Gasteiger partial charge is 0.756 e. The molecule has 0 rings (SSSR count). The van der Waals surface area contributed by atoms with Gasteiger partial charge in [0.25, 0.3) is 7.82 Å². The number of carbonyl (C=O) groups excluding carboxylic acids is 2. The highest BCUT2D eigenvalue weighted by molar-refractivity contribution is 7.45. The molecule has 0 heterocycles. The number of hydrogen-bond donors (Lipinski definition) is 0. The second-order valence-corrected chi connectivity index (χ2v) is 23.1. The van der Waals surface area contributed by atoms with E-state index in [2.05, 4.69) is 13.8 Å². The van der Waals surface area contributed by atoms with Gasteiger partial charge in [-0.3, -0.25) is 14.2 Å². The average Bonchev–Trinajstić information content (AvgIpc) is 3.30. The number of esters is 2. The van der Waals surface area contributed by atoms with Gasteiger partial charge in [0.2, 0.25) is 0 Å². The lowest BCUT2D eigenvalue weighted by Gasteiger charge is -2.28. The van der Waals surface area contributed by atoms with E-state index in [0.29, 0.717) is 17.4 Å². The summed E-state index contributed by atoms with van der Waals surface area (Å²) in [5.74, 6) is -0.820. The molecule has 0 saturated heterocycles. The van der Waals surface area contributed by atoms with E-state index >= 15 is 0 Å².